The molecule has 0 aromatic carbocycles. The monoisotopic (exact) mass is 142 g/mol. The van der Waals surface area contributed by atoms with Crippen LogP contribution in [-0.4, -0.2) is 5.91 Å². The standard InChI is InChI=1S/C6H6N2O2/c7-6(9)5-2-1-3-8(10)4-5/h1-4H,(H2,7,9)/i1D,2D,3D,4D. The summed E-state index contributed by atoms with van der Waals surface area (Å²) in [6.07, 6.45) is -1.71. The van der Waals surface area contributed by atoms with Crippen molar-refractivity contribution in [1.82, 2.24) is 0 Å². The zero-order valence-electron chi connectivity index (χ0n) is 8.84. The molecule has 0 saturated heterocycles. The van der Waals surface area contributed by atoms with Crippen molar-refractivity contribution in [2.75, 3.05) is 0 Å². The zero-order valence-corrected chi connectivity index (χ0v) is 4.84. The van der Waals surface area contributed by atoms with Crippen molar-refractivity contribution in [3.63, 3.8) is 0 Å². The predicted octanol–water partition coefficient (Wildman–Crippen LogP) is -0.581. The van der Waals surface area contributed by atoms with Crippen LogP contribution in [0.2, 0.25) is 0 Å². The number of nitrogens with zero attached hydrogens (tertiary/aromatic N) is 1. The molecule has 0 spiro atoms. The Balaban J connectivity index is 3.68. The van der Waals surface area contributed by atoms with Crippen molar-refractivity contribution in [3.8, 4) is 0 Å². The van der Waals surface area contributed by atoms with Gasteiger partial charge in [-0.1, -0.05) is 0 Å². The lowest BCUT2D eigenvalue weighted by Gasteiger charge is -1.94. The van der Waals surface area contributed by atoms with Crippen LogP contribution in [0.25, 0.3) is 0 Å². The summed E-state index contributed by atoms with van der Waals surface area (Å²) in [5.41, 5.74) is 4.19. The van der Waals surface area contributed by atoms with E-state index in [2.05, 4.69) is 0 Å². The van der Waals surface area contributed by atoms with Gasteiger partial charge < -0.3 is 10.9 Å². The minimum atomic E-state index is -1.13. The highest BCUT2D eigenvalue weighted by atomic mass is 16.5. The van der Waals surface area contributed by atoms with Crippen LogP contribution >= 0.6 is 0 Å². The number of hydrogen-bond donors (Lipinski definition) is 1. The second kappa shape index (κ2) is 2.34. The number of nitrogens with two attached hydrogens (primary N) is 1. The molecule has 0 aliphatic carbocycles. The van der Waals surface area contributed by atoms with Gasteiger partial charge in [-0.2, -0.15) is 4.73 Å². The summed E-state index contributed by atoms with van der Waals surface area (Å²) in [5.74, 6) is -1.13. The molecular formula is C6H6N2O2. The van der Waals surface area contributed by atoms with Crippen LogP contribution in [-0.2, 0) is 0 Å². The fourth-order valence-corrected chi connectivity index (χ4v) is 0.415. The van der Waals surface area contributed by atoms with Gasteiger partial charge in [-0.05, 0) is 6.04 Å². The fraction of sp³-hybridized carbons (Fsp3) is 0. The van der Waals surface area contributed by atoms with Gasteiger partial charge >= 0.3 is 0 Å². The number of carbonyl (C=O) groups excluding carboxylic acids is 1. The van der Waals surface area contributed by atoms with Crippen molar-refractivity contribution >= 4 is 5.91 Å². The van der Waals surface area contributed by atoms with E-state index >= 15 is 0 Å². The number of rotatable bonds is 1. The predicted molar refractivity (Wildman–Crippen MR) is 33.9 cm³/mol. The molecule has 1 rings (SSSR count). The lowest BCUT2D eigenvalue weighted by Crippen LogP contribution is -2.27. The van der Waals surface area contributed by atoms with Crippen LogP contribution in [0.15, 0.2) is 24.4 Å². The second-order valence-corrected chi connectivity index (χ2v) is 1.51. The average molecular weight is 142 g/mol. The van der Waals surface area contributed by atoms with E-state index in [4.69, 9.17) is 11.2 Å². The van der Waals surface area contributed by atoms with E-state index in [-0.39, 0.29) is 4.73 Å². The van der Waals surface area contributed by atoms with Crippen molar-refractivity contribution in [2.45, 2.75) is 0 Å². The summed E-state index contributed by atoms with van der Waals surface area (Å²) in [7, 11) is 0. The smallest absolute Gasteiger partial charge is 0.254 e. The number of carbonyl (C=O) groups is 1. The SMILES string of the molecule is [2H]c1c([2H])c([2H])[n+]([O-])c([2H])c1C(N)=O. The Labute approximate surface area is 63.1 Å². The van der Waals surface area contributed by atoms with Gasteiger partial charge in [0.2, 0.25) is 0 Å². The van der Waals surface area contributed by atoms with Crippen molar-refractivity contribution in [1.29, 1.82) is 0 Å². The van der Waals surface area contributed by atoms with Crippen molar-refractivity contribution in [3.05, 3.63) is 35.2 Å². The Morgan fingerprint density at radius 2 is 2.60 bits per heavy atom. The zero-order chi connectivity index (χ0) is 11.0. The molecule has 0 atom stereocenters. The summed E-state index contributed by atoms with van der Waals surface area (Å²) in [6, 6.07) is -1.38. The van der Waals surface area contributed by atoms with Crippen LogP contribution in [0.3, 0.4) is 0 Å². The summed E-state index contributed by atoms with van der Waals surface area (Å²) >= 11 is 0. The molecule has 0 aliphatic heterocycles. The first kappa shape index (κ1) is 3.01. The molecule has 0 aliphatic rings. The highest BCUT2D eigenvalue weighted by Gasteiger charge is 2.01. The van der Waals surface area contributed by atoms with Crippen molar-refractivity contribution < 1.29 is 15.0 Å². The van der Waals surface area contributed by atoms with Gasteiger partial charge in [0, 0.05) is 6.04 Å². The lowest BCUT2D eigenvalue weighted by atomic mass is 10.3. The van der Waals surface area contributed by atoms with Gasteiger partial charge in [0.1, 0.15) is 8.30 Å². The number of hydrogen-bond acceptors (Lipinski definition) is 2. The molecule has 4 nitrogen and oxygen atoms in total. The molecule has 10 heavy (non-hydrogen) atoms. The molecule has 0 radical (unpaired) electrons. The molecule has 4 heteroatoms. The molecule has 1 aromatic rings. The van der Waals surface area contributed by atoms with Crippen LogP contribution in [0.4, 0.5) is 0 Å². The van der Waals surface area contributed by atoms with Crippen LogP contribution in [0.1, 0.15) is 15.8 Å². The Bertz CT molecular complexity index is 392. The van der Waals surface area contributed by atoms with E-state index in [0.717, 1.165) is 0 Å². The first-order valence-electron chi connectivity index (χ1n) is 4.37. The summed E-state index contributed by atoms with van der Waals surface area (Å²) in [6.45, 7) is 0. The molecule has 0 saturated carbocycles. The quantitative estimate of drug-likeness (QED) is 0.421. The van der Waals surface area contributed by atoms with Crippen LogP contribution < -0.4 is 10.5 Å². The topological polar surface area (TPSA) is 70.0 Å². The number of primary amides is 1. The fourth-order valence-electron chi connectivity index (χ4n) is 0.415. The molecule has 0 bridgehead atoms. The summed E-state index contributed by atoms with van der Waals surface area (Å²) in [5, 5.41) is 11.0. The van der Waals surface area contributed by atoms with Crippen LogP contribution in [0.5, 0.6) is 0 Å². The molecule has 52 valence electrons. The second-order valence-electron chi connectivity index (χ2n) is 1.51. The lowest BCUT2D eigenvalue weighted by molar-refractivity contribution is -0.605. The third kappa shape index (κ3) is 1.22. The van der Waals surface area contributed by atoms with E-state index in [1.807, 2.05) is 0 Å². The van der Waals surface area contributed by atoms with Gasteiger partial charge in [0.25, 0.3) is 5.91 Å². The minimum absolute atomic E-state index is 0.222. The van der Waals surface area contributed by atoms with Crippen LogP contribution in [0, 0.1) is 5.21 Å². The number of amides is 1. The molecule has 0 unspecified atom stereocenters. The Morgan fingerprint density at radius 1 is 1.90 bits per heavy atom. The molecule has 1 heterocycles. The van der Waals surface area contributed by atoms with E-state index < -0.39 is 35.9 Å². The van der Waals surface area contributed by atoms with Gasteiger partial charge in [-0.15, -0.1) is 0 Å². The maximum absolute atomic E-state index is 11.0. The highest BCUT2D eigenvalue weighted by molar-refractivity contribution is 5.92. The van der Waals surface area contributed by atoms with E-state index in [9.17, 15) is 10.0 Å². The van der Waals surface area contributed by atoms with E-state index in [1.54, 1.807) is 0 Å². The normalized spacial score (nSPS) is 14.8. The molecule has 1 amide bonds. The third-order valence-electron chi connectivity index (χ3n) is 0.805. The Hall–Kier alpha value is -1.58. The van der Waals surface area contributed by atoms with Crippen molar-refractivity contribution in [2.24, 2.45) is 5.73 Å². The maximum Gasteiger partial charge on any atom is 0.254 e. The van der Waals surface area contributed by atoms with Gasteiger partial charge in [0.15, 0.2) is 12.3 Å². The van der Waals surface area contributed by atoms with E-state index in [1.165, 1.54) is 0 Å². The summed E-state index contributed by atoms with van der Waals surface area (Å²) in [4.78, 5) is 10.7. The number of aromatic nitrogens is 1. The summed E-state index contributed by atoms with van der Waals surface area (Å²) < 4.78 is 28.3. The highest BCUT2D eigenvalue weighted by Crippen LogP contribution is 1.90. The molecule has 1 aromatic heterocycles. The van der Waals surface area contributed by atoms with E-state index in [0.29, 0.717) is 0 Å². The number of pyridine rings is 1. The van der Waals surface area contributed by atoms with Gasteiger partial charge in [-0.25, -0.2) is 0 Å². The third-order valence-corrected chi connectivity index (χ3v) is 0.805. The average Bonchev–Trinajstić information content (AvgIpc) is 2.11. The largest absolute Gasteiger partial charge is 0.619 e. The maximum atomic E-state index is 11.0. The van der Waals surface area contributed by atoms with Gasteiger partial charge in [-0.3, -0.25) is 4.79 Å². The molecule has 2 N–H and O–H groups in total. The minimum Gasteiger partial charge on any atom is -0.619 e. The Morgan fingerprint density at radius 3 is 3.20 bits per heavy atom. The first-order chi connectivity index (χ1) is 6.37. The Kier molecular flexibility index (Phi) is 0.705. The van der Waals surface area contributed by atoms with Gasteiger partial charge in [0.05, 0.1) is 2.74 Å². The first-order valence-corrected chi connectivity index (χ1v) is 2.37. The molecular weight excluding hydrogens is 132 g/mol. The molecule has 0 fully saturated rings.